The highest BCUT2D eigenvalue weighted by molar-refractivity contribution is 7.98. The zero-order valence-corrected chi connectivity index (χ0v) is 16.7. The van der Waals surface area contributed by atoms with Gasteiger partial charge in [-0.2, -0.15) is 0 Å². The summed E-state index contributed by atoms with van der Waals surface area (Å²) in [6, 6.07) is 7.27. The smallest absolute Gasteiger partial charge is 0.253 e. The highest BCUT2D eigenvalue weighted by Gasteiger charge is 2.21. The van der Waals surface area contributed by atoms with E-state index < -0.39 is 0 Å². The Morgan fingerprint density at radius 1 is 1.07 bits per heavy atom. The number of anilines is 2. The average molecular weight is 392 g/mol. The fourth-order valence-electron chi connectivity index (χ4n) is 3.11. The minimum absolute atomic E-state index is 0.0298. The number of rotatable bonds is 4. The van der Waals surface area contributed by atoms with E-state index in [2.05, 4.69) is 20.3 Å². The summed E-state index contributed by atoms with van der Waals surface area (Å²) < 4.78 is 0. The minimum Gasteiger partial charge on any atom is -0.345 e. The number of thioether (sulfide) groups is 1. The van der Waals surface area contributed by atoms with Crippen LogP contribution in [0, 0.1) is 0 Å². The lowest BCUT2D eigenvalue weighted by atomic mass is 9.95. The molecule has 0 unspecified atom stereocenters. The number of nitrogens with one attached hydrogen (secondary N) is 1. The first-order chi connectivity index (χ1) is 13.5. The maximum Gasteiger partial charge on any atom is 0.253 e. The molecule has 1 N–H and O–H groups in total. The van der Waals surface area contributed by atoms with Crippen molar-refractivity contribution in [1.29, 1.82) is 0 Å². The van der Waals surface area contributed by atoms with E-state index in [4.69, 9.17) is 4.98 Å². The van der Waals surface area contributed by atoms with Gasteiger partial charge in [-0.15, -0.1) is 0 Å². The Hall–Kier alpha value is -3.00. The van der Waals surface area contributed by atoms with Crippen LogP contribution in [-0.4, -0.2) is 51.1 Å². The Bertz CT molecular complexity index is 1040. The van der Waals surface area contributed by atoms with Crippen LogP contribution in [0.2, 0.25) is 0 Å². The van der Waals surface area contributed by atoms with E-state index >= 15 is 0 Å². The van der Waals surface area contributed by atoms with Crippen molar-refractivity contribution < 1.29 is 4.79 Å². The van der Waals surface area contributed by atoms with Crippen molar-refractivity contribution in [3.05, 3.63) is 53.5 Å². The van der Waals surface area contributed by atoms with Crippen molar-refractivity contribution in [2.75, 3.05) is 25.7 Å². The molecule has 1 aliphatic rings. The van der Waals surface area contributed by atoms with Crippen molar-refractivity contribution >= 4 is 29.3 Å². The molecule has 142 valence electrons. The maximum atomic E-state index is 12.0. The van der Waals surface area contributed by atoms with Gasteiger partial charge in [0, 0.05) is 43.3 Å². The molecule has 0 saturated heterocycles. The Kier molecular flexibility index (Phi) is 4.95. The molecule has 0 saturated carbocycles. The van der Waals surface area contributed by atoms with Crippen LogP contribution in [-0.2, 0) is 12.8 Å². The van der Waals surface area contributed by atoms with Crippen LogP contribution in [0.15, 0.2) is 41.8 Å². The van der Waals surface area contributed by atoms with Gasteiger partial charge in [-0.05, 0) is 48.9 Å². The fourth-order valence-corrected chi connectivity index (χ4v) is 3.46. The first kappa shape index (κ1) is 18.4. The third-order valence-electron chi connectivity index (χ3n) is 4.57. The predicted molar refractivity (Wildman–Crippen MR) is 110 cm³/mol. The molecular formula is C20H20N6OS. The minimum atomic E-state index is -0.0298. The van der Waals surface area contributed by atoms with Gasteiger partial charge in [-0.1, -0.05) is 11.8 Å². The number of fused-ring (bicyclic) bond motifs is 3. The number of carbonyl (C=O) groups excluding carboxylic acids is 1. The van der Waals surface area contributed by atoms with E-state index in [1.54, 1.807) is 31.1 Å². The summed E-state index contributed by atoms with van der Waals surface area (Å²) in [6.07, 6.45) is 7.43. The quantitative estimate of drug-likeness (QED) is 0.539. The first-order valence-corrected chi connectivity index (χ1v) is 10.1. The molecule has 3 aromatic rings. The van der Waals surface area contributed by atoms with E-state index in [1.807, 2.05) is 30.8 Å². The van der Waals surface area contributed by atoms with Crippen LogP contribution >= 0.6 is 11.8 Å². The molecule has 4 rings (SSSR count). The van der Waals surface area contributed by atoms with E-state index in [9.17, 15) is 4.79 Å². The van der Waals surface area contributed by atoms with Gasteiger partial charge in [-0.3, -0.25) is 4.79 Å². The van der Waals surface area contributed by atoms with Crippen molar-refractivity contribution in [1.82, 2.24) is 24.8 Å². The van der Waals surface area contributed by atoms with Gasteiger partial charge < -0.3 is 10.2 Å². The largest absolute Gasteiger partial charge is 0.345 e. The van der Waals surface area contributed by atoms with Crippen LogP contribution in [0.1, 0.15) is 21.6 Å². The molecular weight excluding hydrogens is 372 g/mol. The summed E-state index contributed by atoms with van der Waals surface area (Å²) >= 11 is 1.54. The van der Waals surface area contributed by atoms with E-state index in [0.717, 1.165) is 46.2 Å². The summed E-state index contributed by atoms with van der Waals surface area (Å²) in [7, 11) is 3.47. The van der Waals surface area contributed by atoms with Crippen molar-refractivity contribution in [2.24, 2.45) is 0 Å². The lowest BCUT2D eigenvalue weighted by Gasteiger charge is -2.18. The number of hydrogen-bond donors (Lipinski definition) is 1. The molecule has 0 fully saturated rings. The number of nitrogens with zero attached hydrogens (tertiary/aromatic N) is 5. The molecule has 0 atom stereocenters. The molecule has 0 spiro atoms. The highest BCUT2D eigenvalue weighted by atomic mass is 32.2. The standard InChI is InChI=1S/C20H20N6OS/c1-26(2)18(27)12-4-7-14(8-5-12)23-19-21-10-13-6-9-16-15(17(13)25-19)11-22-20(24-16)28-3/h4-5,7-8,10-11H,6,9H2,1-3H3,(H,21,23,25). The Balaban J connectivity index is 1.60. The molecule has 1 aromatic carbocycles. The second kappa shape index (κ2) is 7.55. The number of amides is 1. The zero-order chi connectivity index (χ0) is 19.7. The first-order valence-electron chi connectivity index (χ1n) is 8.90. The molecule has 0 aliphatic heterocycles. The van der Waals surface area contributed by atoms with Crippen LogP contribution < -0.4 is 5.32 Å². The Labute approximate surface area is 167 Å². The second-order valence-electron chi connectivity index (χ2n) is 6.69. The molecule has 1 amide bonds. The van der Waals surface area contributed by atoms with Crippen LogP contribution in [0.3, 0.4) is 0 Å². The SMILES string of the molecule is CSc1ncc2c(n1)CCc1cnc(Nc3ccc(C(=O)N(C)C)cc3)nc1-2. The number of aryl methyl sites for hydroxylation is 2. The van der Waals surface area contributed by atoms with Gasteiger partial charge in [0.1, 0.15) is 0 Å². The lowest BCUT2D eigenvalue weighted by molar-refractivity contribution is 0.0827. The van der Waals surface area contributed by atoms with Crippen LogP contribution in [0.5, 0.6) is 0 Å². The molecule has 1 aliphatic carbocycles. The molecule has 28 heavy (non-hydrogen) atoms. The topological polar surface area (TPSA) is 83.9 Å². The van der Waals surface area contributed by atoms with Crippen molar-refractivity contribution in [3.8, 4) is 11.3 Å². The number of carbonyl (C=O) groups is 1. The average Bonchev–Trinajstić information content (AvgIpc) is 2.73. The van der Waals surface area contributed by atoms with Gasteiger partial charge >= 0.3 is 0 Å². The summed E-state index contributed by atoms with van der Waals surface area (Å²) in [4.78, 5) is 31.7. The molecule has 8 heteroatoms. The normalized spacial score (nSPS) is 12.1. The Morgan fingerprint density at radius 2 is 1.86 bits per heavy atom. The summed E-state index contributed by atoms with van der Waals surface area (Å²) in [6.45, 7) is 0. The van der Waals surface area contributed by atoms with Gasteiger partial charge in [0.2, 0.25) is 5.95 Å². The monoisotopic (exact) mass is 392 g/mol. The Morgan fingerprint density at radius 3 is 2.57 bits per heavy atom. The van der Waals surface area contributed by atoms with Gasteiger partial charge in [0.15, 0.2) is 5.16 Å². The second-order valence-corrected chi connectivity index (χ2v) is 7.46. The van der Waals surface area contributed by atoms with E-state index in [-0.39, 0.29) is 5.91 Å². The van der Waals surface area contributed by atoms with Gasteiger partial charge in [-0.25, -0.2) is 19.9 Å². The van der Waals surface area contributed by atoms with Crippen LogP contribution in [0.4, 0.5) is 11.6 Å². The van der Waals surface area contributed by atoms with Gasteiger partial charge in [0.25, 0.3) is 5.91 Å². The fraction of sp³-hybridized carbons (Fsp3) is 0.250. The van der Waals surface area contributed by atoms with Crippen molar-refractivity contribution in [3.63, 3.8) is 0 Å². The molecule has 2 heterocycles. The molecule has 2 aromatic heterocycles. The zero-order valence-electron chi connectivity index (χ0n) is 15.9. The maximum absolute atomic E-state index is 12.0. The molecule has 0 radical (unpaired) electrons. The third kappa shape index (κ3) is 3.55. The number of aromatic nitrogens is 4. The van der Waals surface area contributed by atoms with Gasteiger partial charge in [0.05, 0.1) is 11.4 Å². The predicted octanol–water partition coefficient (Wildman–Crippen LogP) is 3.20. The number of benzene rings is 1. The van der Waals surface area contributed by atoms with E-state index in [1.165, 1.54) is 11.8 Å². The summed E-state index contributed by atoms with van der Waals surface area (Å²) in [5, 5.41) is 3.99. The van der Waals surface area contributed by atoms with Crippen LogP contribution in [0.25, 0.3) is 11.3 Å². The third-order valence-corrected chi connectivity index (χ3v) is 5.13. The summed E-state index contributed by atoms with van der Waals surface area (Å²) in [5.74, 6) is 0.477. The summed E-state index contributed by atoms with van der Waals surface area (Å²) in [5.41, 5.74) is 5.44. The van der Waals surface area contributed by atoms with Crippen molar-refractivity contribution in [2.45, 2.75) is 18.0 Å². The molecule has 7 nitrogen and oxygen atoms in total. The number of hydrogen-bond acceptors (Lipinski definition) is 7. The molecule has 0 bridgehead atoms. The van der Waals surface area contributed by atoms with E-state index in [0.29, 0.717) is 11.5 Å². The highest BCUT2D eigenvalue weighted by Crippen LogP contribution is 2.32. The lowest BCUT2D eigenvalue weighted by Crippen LogP contribution is -2.21.